The van der Waals surface area contributed by atoms with Crippen LogP contribution in [0.1, 0.15) is 13.8 Å². The second kappa shape index (κ2) is 4.21. The summed E-state index contributed by atoms with van der Waals surface area (Å²) in [5.74, 6) is 0.137. The molecule has 78 valence electrons. The van der Waals surface area contributed by atoms with Crippen LogP contribution in [0.25, 0.3) is 0 Å². The van der Waals surface area contributed by atoms with Crippen LogP contribution in [0.2, 0.25) is 0 Å². The molecule has 0 unspecified atom stereocenters. The Morgan fingerprint density at radius 2 is 2.20 bits per heavy atom. The average molecular weight is 266 g/mol. The SMILES string of the molecule is CCN1C(=CC(C)=O)[Se]c2ccccc21. The first-order valence-corrected chi connectivity index (χ1v) is 6.70. The van der Waals surface area contributed by atoms with Crippen molar-refractivity contribution in [1.82, 2.24) is 0 Å². The van der Waals surface area contributed by atoms with Crippen LogP contribution in [0, 0.1) is 0 Å². The molecule has 0 aromatic heterocycles. The summed E-state index contributed by atoms with van der Waals surface area (Å²) in [6.07, 6.45) is 1.77. The number of carbonyl (C=O) groups is 1. The quantitative estimate of drug-likeness (QED) is 0.594. The molecule has 1 aliphatic heterocycles. The Morgan fingerprint density at radius 3 is 2.87 bits per heavy atom. The maximum atomic E-state index is 11.1. The molecular formula is C12H13NOSe. The number of nitrogens with zero attached hydrogens (tertiary/aromatic N) is 1. The van der Waals surface area contributed by atoms with E-state index < -0.39 is 0 Å². The van der Waals surface area contributed by atoms with Crippen LogP contribution >= 0.6 is 0 Å². The first kappa shape index (κ1) is 10.5. The summed E-state index contributed by atoms with van der Waals surface area (Å²) in [6.45, 7) is 4.66. The number of fused-ring (bicyclic) bond motifs is 1. The van der Waals surface area contributed by atoms with Crippen LogP contribution in [0.4, 0.5) is 5.69 Å². The number of anilines is 1. The second-order valence-electron chi connectivity index (χ2n) is 3.41. The van der Waals surface area contributed by atoms with Crippen molar-refractivity contribution < 1.29 is 4.79 Å². The summed E-state index contributed by atoms with van der Waals surface area (Å²) >= 11 is 0.290. The van der Waals surface area contributed by atoms with Gasteiger partial charge in [0.25, 0.3) is 0 Å². The van der Waals surface area contributed by atoms with E-state index in [-0.39, 0.29) is 20.7 Å². The van der Waals surface area contributed by atoms with Crippen LogP contribution < -0.4 is 9.36 Å². The molecule has 2 rings (SSSR count). The van der Waals surface area contributed by atoms with Gasteiger partial charge in [-0.25, -0.2) is 0 Å². The van der Waals surface area contributed by atoms with E-state index in [1.807, 2.05) is 6.07 Å². The number of allylic oxidation sites excluding steroid dienone is 1. The Labute approximate surface area is 96.1 Å². The minimum absolute atomic E-state index is 0.137. The summed E-state index contributed by atoms with van der Waals surface area (Å²) in [7, 11) is 0. The van der Waals surface area contributed by atoms with E-state index >= 15 is 0 Å². The van der Waals surface area contributed by atoms with E-state index in [2.05, 4.69) is 30.0 Å². The topological polar surface area (TPSA) is 20.3 Å². The molecule has 1 aromatic rings. The van der Waals surface area contributed by atoms with E-state index in [0.717, 1.165) is 6.54 Å². The van der Waals surface area contributed by atoms with E-state index in [9.17, 15) is 4.79 Å². The van der Waals surface area contributed by atoms with Gasteiger partial charge in [-0.15, -0.1) is 0 Å². The van der Waals surface area contributed by atoms with Gasteiger partial charge < -0.3 is 0 Å². The molecule has 2 nitrogen and oxygen atoms in total. The molecule has 0 saturated heterocycles. The number of hydrogen-bond acceptors (Lipinski definition) is 2. The number of rotatable bonds is 2. The number of para-hydroxylation sites is 1. The predicted octanol–water partition coefficient (Wildman–Crippen LogP) is 1.29. The zero-order valence-electron chi connectivity index (χ0n) is 8.86. The van der Waals surface area contributed by atoms with Crippen molar-refractivity contribution in [3.8, 4) is 0 Å². The van der Waals surface area contributed by atoms with Gasteiger partial charge in [0.1, 0.15) is 0 Å². The summed E-state index contributed by atoms with van der Waals surface area (Å²) in [5, 5.41) is 0. The number of benzene rings is 1. The van der Waals surface area contributed by atoms with Gasteiger partial charge in [-0.05, 0) is 0 Å². The molecule has 0 saturated carbocycles. The van der Waals surface area contributed by atoms with Crippen molar-refractivity contribution in [2.75, 3.05) is 11.4 Å². The molecule has 0 radical (unpaired) electrons. The molecule has 0 bridgehead atoms. The standard InChI is InChI=1S/C12H13NOSe/c1-3-13-10-6-4-5-7-11(10)15-12(13)8-9(2)14/h4-8H,3H2,1-2H3. The molecule has 0 aliphatic carbocycles. The first-order valence-electron chi connectivity index (χ1n) is 4.99. The van der Waals surface area contributed by atoms with Crippen LogP contribution in [-0.2, 0) is 4.79 Å². The van der Waals surface area contributed by atoms with Gasteiger partial charge in [-0.2, -0.15) is 0 Å². The van der Waals surface area contributed by atoms with Gasteiger partial charge in [-0.1, -0.05) is 0 Å². The monoisotopic (exact) mass is 267 g/mol. The molecule has 0 amide bonds. The van der Waals surface area contributed by atoms with Gasteiger partial charge >= 0.3 is 95.9 Å². The average Bonchev–Trinajstić information content (AvgIpc) is 2.53. The first-order chi connectivity index (χ1) is 7.22. The Kier molecular flexibility index (Phi) is 2.94. The zero-order valence-corrected chi connectivity index (χ0v) is 10.6. The van der Waals surface area contributed by atoms with E-state index in [4.69, 9.17) is 0 Å². The third kappa shape index (κ3) is 1.99. The molecule has 3 heteroatoms. The van der Waals surface area contributed by atoms with Crippen LogP contribution in [-0.4, -0.2) is 27.3 Å². The predicted molar refractivity (Wildman–Crippen MR) is 63.6 cm³/mol. The van der Waals surface area contributed by atoms with E-state index in [1.165, 1.54) is 14.7 Å². The molecule has 0 spiro atoms. The Morgan fingerprint density at radius 1 is 1.47 bits per heavy atom. The van der Waals surface area contributed by atoms with Crippen LogP contribution in [0.5, 0.6) is 0 Å². The summed E-state index contributed by atoms with van der Waals surface area (Å²) in [5.41, 5.74) is 1.27. The number of carbonyl (C=O) groups excluding carboxylic acids is 1. The second-order valence-corrected chi connectivity index (χ2v) is 5.64. The van der Waals surface area contributed by atoms with Crippen molar-refractivity contribution in [1.29, 1.82) is 0 Å². The third-order valence-corrected chi connectivity index (χ3v) is 4.61. The van der Waals surface area contributed by atoms with Gasteiger partial charge in [0.2, 0.25) is 0 Å². The van der Waals surface area contributed by atoms with Gasteiger partial charge in [0.15, 0.2) is 0 Å². The van der Waals surface area contributed by atoms with Crippen molar-refractivity contribution in [2.24, 2.45) is 0 Å². The van der Waals surface area contributed by atoms with Crippen molar-refractivity contribution in [3.05, 3.63) is 34.9 Å². The maximum absolute atomic E-state index is 11.1. The molecule has 1 heterocycles. The minimum atomic E-state index is 0.137. The normalized spacial score (nSPS) is 16.9. The number of hydrogen-bond donors (Lipinski definition) is 0. The Balaban J connectivity index is 2.41. The van der Waals surface area contributed by atoms with Crippen molar-refractivity contribution in [2.45, 2.75) is 13.8 Å². The fraction of sp³-hybridized carbons (Fsp3) is 0.250. The molecule has 0 atom stereocenters. The fourth-order valence-electron chi connectivity index (χ4n) is 1.66. The summed E-state index contributed by atoms with van der Waals surface area (Å²) < 4.78 is 2.55. The third-order valence-electron chi connectivity index (χ3n) is 2.28. The molecule has 15 heavy (non-hydrogen) atoms. The molecule has 1 aliphatic rings. The van der Waals surface area contributed by atoms with Crippen LogP contribution in [0.3, 0.4) is 0 Å². The number of ketones is 1. The summed E-state index contributed by atoms with van der Waals surface area (Å²) in [6, 6.07) is 8.39. The molecule has 0 N–H and O–H groups in total. The van der Waals surface area contributed by atoms with Crippen molar-refractivity contribution in [3.63, 3.8) is 0 Å². The van der Waals surface area contributed by atoms with E-state index in [1.54, 1.807) is 13.0 Å². The summed E-state index contributed by atoms with van der Waals surface area (Å²) in [4.78, 5) is 13.4. The van der Waals surface area contributed by atoms with Crippen molar-refractivity contribution >= 4 is 30.9 Å². The Hall–Kier alpha value is -1.05. The van der Waals surface area contributed by atoms with Gasteiger partial charge in [-0.3, -0.25) is 0 Å². The van der Waals surface area contributed by atoms with Gasteiger partial charge in [0, 0.05) is 0 Å². The van der Waals surface area contributed by atoms with Crippen LogP contribution in [0.15, 0.2) is 34.9 Å². The Bertz CT molecular complexity index is 425. The van der Waals surface area contributed by atoms with Gasteiger partial charge in [0.05, 0.1) is 0 Å². The molecular weight excluding hydrogens is 253 g/mol. The zero-order chi connectivity index (χ0) is 10.8. The fourth-order valence-corrected chi connectivity index (χ4v) is 4.21. The van der Waals surface area contributed by atoms with E-state index in [0.29, 0.717) is 0 Å². The molecule has 1 aromatic carbocycles. The molecule has 0 fully saturated rings.